The van der Waals surface area contributed by atoms with E-state index in [-0.39, 0.29) is 0 Å². The van der Waals surface area contributed by atoms with Gasteiger partial charge in [0, 0.05) is 0 Å². The molecule has 1 saturated carbocycles. The zero-order valence-corrected chi connectivity index (χ0v) is 13.1. The third-order valence-corrected chi connectivity index (χ3v) is 6.27. The predicted octanol–water partition coefficient (Wildman–Crippen LogP) is 3.47. The second kappa shape index (κ2) is 3.94. The van der Waals surface area contributed by atoms with Gasteiger partial charge in [-0.1, -0.05) is 0 Å². The van der Waals surface area contributed by atoms with Gasteiger partial charge in [-0.25, -0.2) is 0 Å². The van der Waals surface area contributed by atoms with Gasteiger partial charge in [-0.2, -0.15) is 0 Å². The molecule has 1 aliphatic carbocycles. The molecule has 1 fully saturated rings. The molecule has 0 aromatic carbocycles. The Morgan fingerprint density at radius 1 is 1.25 bits per heavy atom. The molecule has 3 rings (SSSR count). The Bertz CT molecular complexity index is 486. The maximum atomic E-state index is 2.66. The molecule has 2 aliphatic rings. The first kappa shape index (κ1) is 11.0. The quantitative estimate of drug-likeness (QED) is 0.645. The fraction of sp³-hybridized carbons (Fsp3) is 0.643. The van der Waals surface area contributed by atoms with Crippen LogP contribution in [0.2, 0.25) is 0 Å². The van der Waals surface area contributed by atoms with Crippen LogP contribution in [-0.2, 0) is 25.9 Å². The van der Waals surface area contributed by atoms with E-state index in [2.05, 4.69) is 24.5 Å². The molecule has 0 spiro atoms. The summed E-state index contributed by atoms with van der Waals surface area (Å²) < 4.78 is 4.25. The van der Waals surface area contributed by atoms with Gasteiger partial charge in [0.25, 0.3) is 0 Å². The van der Waals surface area contributed by atoms with Gasteiger partial charge in [-0.15, -0.1) is 0 Å². The Morgan fingerprint density at radius 2 is 2.06 bits per heavy atom. The monoisotopic (exact) mass is 385 g/mol. The Morgan fingerprint density at radius 3 is 2.88 bits per heavy atom. The van der Waals surface area contributed by atoms with Crippen LogP contribution in [0.1, 0.15) is 48.4 Å². The molecule has 16 heavy (non-hydrogen) atoms. The van der Waals surface area contributed by atoms with Gasteiger partial charge in [0.2, 0.25) is 0 Å². The SMILES string of the molecule is Cc1cc(C)[c](=[W])n2c1[C@H]1CCCC(C1)C2. The molecule has 1 aromatic heterocycles. The van der Waals surface area contributed by atoms with E-state index in [1.54, 1.807) is 28.7 Å². The van der Waals surface area contributed by atoms with Crippen molar-refractivity contribution in [2.45, 2.75) is 52.0 Å². The van der Waals surface area contributed by atoms with Gasteiger partial charge in [0.15, 0.2) is 0 Å². The fourth-order valence-corrected chi connectivity index (χ4v) is 4.52. The molecule has 0 N–H and O–H groups in total. The van der Waals surface area contributed by atoms with Crippen molar-refractivity contribution < 1.29 is 19.4 Å². The Hall–Kier alpha value is -0.162. The number of nitrogens with zero attached hydrogens (tertiary/aromatic N) is 1. The van der Waals surface area contributed by atoms with Crippen LogP contribution >= 0.6 is 0 Å². The molecule has 2 heteroatoms. The summed E-state index contributed by atoms with van der Waals surface area (Å²) in [6.07, 6.45) is 5.80. The molecule has 2 bridgehead atoms. The number of aryl methyl sites for hydroxylation is 2. The molecule has 86 valence electrons. The van der Waals surface area contributed by atoms with Crippen molar-refractivity contribution in [1.29, 1.82) is 0 Å². The van der Waals surface area contributed by atoms with Crippen molar-refractivity contribution in [3.05, 3.63) is 26.6 Å². The van der Waals surface area contributed by atoms with E-state index < -0.39 is 0 Å². The van der Waals surface area contributed by atoms with Gasteiger partial charge in [0.05, 0.1) is 0 Å². The van der Waals surface area contributed by atoms with Crippen LogP contribution in [0.25, 0.3) is 0 Å². The molecule has 0 amide bonds. The Balaban J connectivity index is 2.23. The van der Waals surface area contributed by atoms with Crippen molar-refractivity contribution in [1.82, 2.24) is 4.57 Å². The molecule has 1 aliphatic heterocycles. The summed E-state index contributed by atoms with van der Waals surface area (Å²) in [6.45, 7) is 5.88. The summed E-state index contributed by atoms with van der Waals surface area (Å²) in [5, 5.41) is 0. The van der Waals surface area contributed by atoms with Crippen LogP contribution in [0.5, 0.6) is 0 Å². The summed E-state index contributed by atoms with van der Waals surface area (Å²) in [5.41, 5.74) is 4.70. The second-order valence-corrected chi connectivity index (χ2v) is 6.93. The van der Waals surface area contributed by atoms with Gasteiger partial charge in [-0.3, -0.25) is 0 Å². The summed E-state index contributed by atoms with van der Waals surface area (Å²) in [7, 11) is 0. The fourth-order valence-electron chi connectivity index (χ4n) is 3.68. The van der Waals surface area contributed by atoms with Crippen molar-refractivity contribution in [2.24, 2.45) is 5.92 Å². The average molecular weight is 385 g/mol. The van der Waals surface area contributed by atoms with Crippen LogP contribution in [0.3, 0.4) is 0 Å². The van der Waals surface area contributed by atoms with Crippen molar-refractivity contribution in [3.63, 3.8) is 0 Å². The van der Waals surface area contributed by atoms with Crippen LogP contribution < -0.4 is 0 Å². The van der Waals surface area contributed by atoms with E-state index in [0.29, 0.717) is 0 Å². The second-order valence-electron chi connectivity index (χ2n) is 5.54. The van der Waals surface area contributed by atoms with E-state index in [1.807, 2.05) is 0 Å². The summed E-state index contributed by atoms with van der Waals surface area (Å²) >= 11 is 1.63. The van der Waals surface area contributed by atoms with Gasteiger partial charge >= 0.3 is 108 Å². The van der Waals surface area contributed by atoms with E-state index >= 15 is 0 Å². The zero-order chi connectivity index (χ0) is 11.3. The number of hydrogen-bond acceptors (Lipinski definition) is 0. The molecule has 2 heterocycles. The number of aromatic nitrogens is 1. The minimum absolute atomic E-state index is 0.867. The molecule has 1 unspecified atom stereocenters. The standard InChI is InChI=1S/C14H19N.W/c1-10-6-11(2)14-13-5-3-4-12(7-13)9-15(14)8-10;/h6,12-13H,3-5,7,9H2,1-2H3;/t12?,13-;/m0./s1. The molecular weight excluding hydrogens is 366 g/mol. The van der Waals surface area contributed by atoms with Crippen LogP contribution in [-0.4, -0.2) is 4.57 Å². The van der Waals surface area contributed by atoms with Crippen LogP contribution in [0, 0.1) is 23.4 Å². The molecule has 0 radical (unpaired) electrons. The first-order valence-electron chi connectivity index (χ1n) is 6.37. The number of pyridine rings is 1. The van der Waals surface area contributed by atoms with Crippen LogP contribution in [0.4, 0.5) is 0 Å². The van der Waals surface area contributed by atoms with E-state index in [1.165, 1.54) is 43.4 Å². The van der Waals surface area contributed by atoms with Gasteiger partial charge in [0.1, 0.15) is 0 Å². The summed E-state index contributed by atoms with van der Waals surface area (Å²) in [5.74, 6) is 1.83. The first-order valence-corrected chi connectivity index (χ1v) is 7.84. The Kier molecular flexibility index (Phi) is 2.70. The molecule has 2 atom stereocenters. The number of fused-ring (bicyclic) bond motifs is 4. The van der Waals surface area contributed by atoms with E-state index in [0.717, 1.165) is 11.8 Å². The van der Waals surface area contributed by atoms with E-state index in [4.69, 9.17) is 0 Å². The van der Waals surface area contributed by atoms with Gasteiger partial charge in [-0.05, 0) is 0 Å². The van der Waals surface area contributed by atoms with Crippen molar-refractivity contribution in [2.75, 3.05) is 0 Å². The minimum atomic E-state index is 0.867. The third kappa shape index (κ3) is 1.59. The topological polar surface area (TPSA) is 4.93 Å². The third-order valence-electron chi connectivity index (χ3n) is 4.32. The predicted molar refractivity (Wildman–Crippen MR) is 61.8 cm³/mol. The molecule has 0 saturated heterocycles. The number of rotatable bonds is 0. The first-order chi connectivity index (χ1) is 7.66. The van der Waals surface area contributed by atoms with Gasteiger partial charge < -0.3 is 0 Å². The van der Waals surface area contributed by atoms with Crippen molar-refractivity contribution >= 4 is 0 Å². The Labute approximate surface area is 108 Å². The average Bonchev–Trinajstić information content (AvgIpc) is 2.25. The van der Waals surface area contributed by atoms with Crippen LogP contribution in [0.15, 0.2) is 6.07 Å². The molecule has 1 aromatic rings. The molecular formula is C14H19NW. The van der Waals surface area contributed by atoms with E-state index in [9.17, 15) is 0 Å². The normalized spacial score (nSPS) is 27.6. The number of hydrogen-bond donors (Lipinski definition) is 0. The summed E-state index contributed by atoms with van der Waals surface area (Å²) in [6, 6.07) is 2.41. The summed E-state index contributed by atoms with van der Waals surface area (Å²) in [4.78, 5) is 0. The maximum absolute atomic E-state index is 2.66. The molecule has 1 nitrogen and oxygen atoms in total. The van der Waals surface area contributed by atoms with Crippen molar-refractivity contribution in [3.8, 4) is 0 Å². The zero-order valence-electron chi connectivity index (χ0n) is 10.1.